The zero-order valence-corrected chi connectivity index (χ0v) is 38.1. The van der Waals surface area contributed by atoms with Crippen molar-refractivity contribution >= 4 is 57.3 Å². The number of rotatable bonds is 18. The predicted octanol–water partition coefficient (Wildman–Crippen LogP) is 13.9. The Balaban J connectivity index is 1.21. The minimum atomic E-state index is -0.0528. The normalized spacial score (nSPS) is 15.0. The molecule has 4 heterocycles. The molecule has 4 aromatic carbocycles. The van der Waals surface area contributed by atoms with Gasteiger partial charge >= 0.3 is 0 Å². The maximum absolute atomic E-state index is 15.3. The number of carbonyl (C=O) groups is 2. The fraction of sp³-hybridized carbons (Fsp3) is 0.296. The van der Waals surface area contributed by atoms with Crippen LogP contribution in [0.25, 0.3) is 54.5 Å². The number of nitrogens with two attached hydrogens (primary N) is 2. The third kappa shape index (κ3) is 8.81. The Labute approximate surface area is 375 Å². The van der Waals surface area contributed by atoms with Crippen LogP contribution in [0.4, 0.5) is 11.4 Å². The van der Waals surface area contributed by atoms with Crippen LogP contribution in [0.1, 0.15) is 88.8 Å². The number of anilines is 2. The van der Waals surface area contributed by atoms with Crippen LogP contribution in [0, 0.1) is 11.8 Å². The smallest absolute Gasteiger partial charge is 0.261 e. The molecule has 2 atom stereocenters. The first kappa shape index (κ1) is 43.0. The Kier molecular flexibility index (Phi) is 13.3. The standard InChI is InChI=1S/C54H58N4O2S2/c1-5-9-11-35(7-3)33-57-51(47-31-29-45(61-47)41-17-13-37(14-18-41)39-21-25-43(55)26-22-39)49-50(53(57)59)52(58(54(49)60)34-36(8-4)12-10-6-2)48-32-30-46(62-48)42-19-15-38(16-20-42)40-23-27-44(56)28-24-40/h13-32,35-36H,5-12,33-34,55-56H2,1-4H3. The minimum absolute atomic E-state index is 0.0528. The van der Waals surface area contributed by atoms with Gasteiger partial charge in [0.2, 0.25) is 0 Å². The highest BCUT2D eigenvalue weighted by atomic mass is 32.1. The highest BCUT2D eigenvalue weighted by molar-refractivity contribution is 7.17. The van der Waals surface area contributed by atoms with E-state index in [2.05, 4.69) is 100 Å². The molecule has 318 valence electrons. The molecule has 0 saturated heterocycles. The van der Waals surface area contributed by atoms with E-state index in [0.717, 1.165) is 127 Å². The van der Waals surface area contributed by atoms with E-state index in [0.29, 0.717) is 36.1 Å². The second-order valence-electron chi connectivity index (χ2n) is 16.8. The molecule has 2 aliphatic heterocycles. The van der Waals surface area contributed by atoms with Gasteiger partial charge in [0.25, 0.3) is 11.8 Å². The average molecular weight is 859 g/mol. The summed E-state index contributed by atoms with van der Waals surface area (Å²) in [6, 6.07) is 41.6. The first-order valence-corrected chi connectivity index (χ1v) is 24.1. The Bertz CT molecular complexity index is 2400. The number of benzene rings is 4. The summed E-state index contributed by atoms with van der Waals surface area (Å²) in [5, 5.41) is 0. The van der Waals surface area contributed by atoms with E-state index in [1.54, 1.807) is 22.7 Å². The summed E-state index contributed by atoms with van der Waals surface area (Å²) in [6.45, 7) is 10.1. The quantitative estimate of drug-likeness (QED) is 0.0842. The molecule has 0 radical (unpaired) electrons. The predicted molar refractivity (Wildman–Crippen MR) is 263 cm³/mol. The summed E-state index contributed by atoms with van der Waals surface area (Å²) >= 11 is 3.32. The van der Waals surface area contributed by atoms with Crippen molar-refractivity contribution in [3.05, 3.63) is 142 Å². The number of carbonyl (C=O) groups excluding carboxylic acids is 2. The van der Waals surface area contributed by atoms with E-state index in [-0.39, 0.29) is 11.8 Å². The van der Waals surface area contributed by atoms with E-state index in [9.17, 15) is 0 Å². The van der Waals surface area contributed by atoms with Gasteiger partial charge in [-0.3, -0.25) is 9.59 Å². The third-order valence-corrected chi connectivity index (χ3v) is 14.9. The minimum Gasteiger partial charge on any atom is -0.399 e. The molecule has 2 amide bonds. The number of nitrogen functional groups attached to an aromatic ring is 2. The topological polar surface area (TPSA) is 92.7 Å². The summed E-state index contributed by atoms with van der Waals surface area (Å²) in [6.07, 6.45) is 8.45. The van der Waals surface area contributed by atoms with Crippen molar-refractivity contribution in [3.8, 4) is 43.1 Å². The van der Waals surface area contributed by atoms with Gasteiger partial charge < -0.3 is 21.3 Å². The first-order valence-electron chi connectivity index (χ1n) is 22.5. The highest BCUT2D eigenvalue weighted by Crippen LogP contribution is 2.51. The van der Waals surface area contributed by atoms with Crippen molar-refractivity contribution in [1.82, 2.24) is 9.80 Å². The number of amides is 2. The molecule has 2 aromatic heterocycles. The Morgan fingerprint density at radius 2 is 0.742 bits per heavy atom. The molecule has 8 heteroatoms. The van der Waals surface area contributed by atoms with Gasteiger partial charge in [-0.05, 0) is 107 Å². The molecule has 2 aliphatic rings. The average Bonchev–Trinajstić information content (AvgIpc) is 4.10. The SMILES string of the molecule is CCCCC(CC)CN1C(=O)C2=C(c3ccc(-c4ccc(-c5ccc(N)cc5)cc4)s3)N(CC(CC)CCCC)C(=O)C2=C1c1ccc(-c2ccc(-c3ccc(N)cc3)cc2)s1. The lowest BCUT2D eigenvalue weighted by atomic mass is 9.98. The highest BCUT2D eigenvalue weighted by Gasteiger charge is 2.50. The first-order chi connectivity index (χ1) is 30.2. The fourth-order valence-electron chi connectivity index (χ4n) is 8.85. The Morgan fingerprint density at radius 3 is 1.06 bits per heavy atom. The summed E-state index contributed by atoms with van der Waals surface area (Å²) < 4.78 is 0. The van der Waals surface area contributed by atoms with E-state index in [1.165, 1.54) is 0 Å². The summed E-state index contributed by atoms with van der Waals surface area (Å²) in [5.41, 5.74) is 22.7. The maximum Gasteiger partial charge on any atom is 0.261 e. The number of fused-ring (bicyclic) bond motifs is 1. The molecule has 0 saturated carbocycles. The van der Waals surface area contributed by atoms with Crippen molar-refractivity contribution < 1.29 is 9.59 Å². The molecule has 4 N–H and O–H groups in total. The number of nitrogens with zero attached hydrogens (tertiary/aromatic N) is 2. The van der Waals surface area contributed by atoms with Crippen LogP contribution in [-0.2, 0) is 9.59 Å². The largest absolute Gasteiger partial charge is 0.399 e. The van der Waals surface area contributed by atoms with Crippen LogP contribution in [-0.4, -0.2) is 34.7 Å². The van der Waals surface area contributed by atoms with Gasteiger partial charge in [0.15, 0.2) is 0 Å². The lowest BCUT2D eigenvalue weighted by molar-refractivity contribution is -0.124. The lowest BCUT2D eigenvalue weighted by Crippen LogP contribution is -2.34. The van der Waals surface area contributed by atoms with E-state index in [1.807, 2.05) is 58.3 Å². The van der Waals surface area contributed by atoms with Crippen molar-refractivity contribution in [2.24, 2.45) is 11.8 Å². The van der Waals surface area contributed by atoms with Crippen LogP contribution >= 0.6 is 22.7 Å². The summed E-state index contributed by atoms with van der Waals surface area (Å²) in [7, 11) is 0. The maximum atomic E-state index is 15.3. The Hall–Kier alpha value is -5.70. The zero-order valence-electron chi connectivity index (χ0n) is 36.5. The van der Waals surface area contributed by atoms with Gasteiger partial charge in [-0.1, -0.05) is 139 Å². The summed E-state index contributed by atoms with van der Waals surface area (Å²) in [4.78, 5) is 38.6. The van der Waals surface area contributed by atoms with Crippen LogP contribution < -0.4 is 11.5 Å². The molecule has 0 fully saturated rings. The van der Waals surface area contributed by atoms with E-state index in [4.69, 9.17) is 11.5 Å². The molecular weight excluding hydrogens is 801 g/mol. The van der Waals surface area contributed by atoms with Crippen LogP contribution in [0.2, 0.25) is 0 Å². The van der Waals surface area contributed by atoms with Crippen molar-refractivity contribution in [2.75, 3.05) is 24.6 Å². The second kappa shape index (κ2) is 19.1. The van der Waals surface area contributed by atoms with Gasteiger partial charge in [-0.25, -0.2) is 0 Å². The van der Waals surface area contributed by atoms with Gasteiger partial charge in [-0.2, -0.15) is 0 Å². The van der Waals surface area contributed by atoms with E-state index >= 15 is 9.59 Å². The molecule has 0 bridgehead atoms. The Morgan fingerprint density at radius 1 is 0.435 bits per heavy atom. The van der Waals surface area contributed by atoms with Gasteiger partial charge in [0, 0.05) is 34.2 Å². The van der Waals surface area contributed by atoms with E-state index < -0.39 is 0 Å². The number of unbranched alkanes of at least 4 members (excludes halogenated alkanes) is 2. The van der Waals surface area contributed by atoms with Gasteiger partial charge in [0.05, 0.1) is 32.3 Å². The van der Waals surface area contributed by atoms with Gasteiger partial charge in [-0.15, -0.1) is 22.7 Å². The third-order valence-electron chi connectivity index (χ3n) is 12.7. The molecule has 8 rings (SSSR count). The van der Waals surface area contributed by atoms with Crippen molar-refractivity contribution in [2.45, 2.75) is 79.1 Å². The molecule has 6 aromatic rings. The lowest BCUT2D eigenvalue weighted by Gasteiger charge is -2.29. The molecular formula is C54H58N4O2S2. The van der Waals surface area contributed by atoms with Crippen LogP contribution in [0.15, 0.2) is 132 Å². The van der Waals surface area contributed by atoms with Crippen LogP contribution in [0.3, 0.4) is 0 Å². The molecule has 0 aliphatic carbocycles. The zero-order chi connectivity index (χ0) is 43.3. The summed E-state index contributed by atoms with van der Waals surface area (Å²) in [5.74, 6) is 0.546. The molecule has 2 unspecified atom stereocenters. The number of hydrogen-bond acceptors (Lipinski definition) is 6. The molecule has 6 nitrogen and oxygen atoms in total. The van der Waals surface area contributed by atoms with Crippen molar-refractivity contribution in [3.63, 3.8) is 0 Å². The number of thiophene rings is 2. The van der Waals surface area contributed by atoms with Crippen molar-refractivity contribution in [1.29, 1.82) is 0 Å². The van der Waals surface area contributed by atoms with Gasteiger partial charge in [0.1, 0.15) is 0 Å². The molecule has 62 heavy (non-hydrogen) atoms. The number of hydrogen-bond donors (Lipinski definition) is 2. The van der Waals surface area contributed by atoms with Crippen LogP contribution in [0.5, 0.6) is 0 Å². The monoisotopic (exact) mass is 858 g/mol. The fourth-order valence-corrected chi connectivity index (χ4v) is 11.0. The molecule has 0 spiro atoms. The second-order valence-corrected chi connectivity index (χ2v) is 19.0.